The molecule has 1 fully saturated rings. The number of aromatic nitrogens is 1. The van der Waals surface area contributed by atoms with Gasteiger partial charge in [-0.05, 0) is 49.8 Å². The van der Waals surface area contributed by atoms with Crippen LogP contribution in [0.3, 0.4) is 0 Å². The molecule has 0 atom stereocenters. The highest BCUT2D eigenvalue weighted by Crippen LogP contribution is 2.22. The molecule has 0 saturated heterocycles. The maximum absolute atomic E-state index is 4.77. The molecule has 1 aromatic rings. The molecule has 0 bridgehead atoms. The molecule has 1 N–H and O–H groups in total. The number of hydrogen-bond donors (Lipinski definition) is 1. The van der Waals surface area contributed by atoms with Crippen LogP contribution in [-0.2, 0) is 6.54 Å². The summed E-state index contributed by atoms with van der Waals surface area (Å²) in [5.41, 5.74) is 2.63. The summed E-state index contributed by atoms with van der Waals surface area (Å²) in [6.07, 6.45) is 9.71. The van der Waals surface area contributed by atoms with Crippen LogP contribution in [0.4, 0.5) is 5.82 Å². The Labute approximate surface area is 130 Å². The molecule has 1 heterocycles. The van der Waals surface area contributed by atoms with Crippen molar-refractivity contribution in [2.45, 2.75) is 71.9 Å². The summed E-state index contributed by atoms with van der Waals surface area (Å²) in [5.74, 6) is 1.19. The van der Waals surface area contributed by atoms with Crippen LogP contribution in [0.1, 0.15) is 63.5 Å². The molecular weight excluding hydrogens is 258 g/mol. The Hall–Kier alpha value is -1.09. The molecule has 0 aliphatic heterocycles. The fourth-order valence-electron chi connectivity index (χ4n) is 2.62. The molecule has 0 unspecified atom stereocenters. The second-order valence-electron chi connectivity index (χ2n) is 6.33. The van der Waals surface area contributed by atoms with E-state index in [9.17, 15) is 0 Å². The summed E-state index contributed by atoms with van der Waals surface area (Å²) in [5, 5.41) is 3.56. The second kappa shape index (κ2) is 8.38. The number of anilines is 1. The quantitative estimate of drug-likeness (QED) is 0.704. The number of aryl methyl sites for hydroxylation is 1. The van der Waals surface area contributed by atoms with Crippen LogP contribution >= 0.6 is 0 Å². The van der Waals surface area contributed by atoms with Crippen LogP contribution < -0.4 is 10.2 Å². The first-order valence-electron chi connectivity index (χ1n) is 8.68. The lowest BCUT2D eigenvalue weighted by Gasteiger charge is -2.25. The van der Waals surface area contributed by atoms with Gasteiger partial charge in [0.05, 0.1) is 0 Å². The summed E-state index contributed by atoms with van der Waals surface area (Å²) in [6.45, 7) is 9.93. The van der Waals surface area contributed by atoms with Crippen molar-refractivity contribution in [1.82, 2.24) is 10.3 Å². The van der Waals surface area contributed by atoms with Crippen LogP contribution in [-0.4, -0.2) is 24.1 Å². The first-order chi connectivity index (χ1) is 10.2. The fourth-order valence-corrected chi connectivity index (χ4v) is 2.62. The third-order valence-corrected chi connectivity index (χ3v) is 4.14. The Kier molecular flexibility index (Phi) is 6.50. The van der Waals surface area contributed by atoms with Crippen molar-refractivity contribution < 1.29 is 0 Å². The summed E-state index contributed by atoms with van der Waals surface area (Å²) in [6, 6.07) is 3.07. The monoisotopic (exact) mass is 289 g/mol. The van der Waals surface area contributed by atoms with E-state index in [0.29, 0.717) is 0 Å². The number of rotatable bonds is 10. The molecule has 0 aromatic carbocycles. The highest BCUT2D eigenvalue weighted by Gasteiger charge is 2.20. The van der Waals surface area contributed by atoms with E-state index in [0.717, 1.165) is 25.7 Å². The van der Waals surface area contributed by atoms with Gasteiger partial charge in [0.1, 0.15) is 5.82 Å². The molecule has 1 aliphatic carbocycles. The van der Waals surface area contributed by atoms with Crippen LogP contribution in [0.25, 0.3) is 0 Å². The van der Waals surface area contributed by atoms with Crippen LogP contribution in [0.15, 0.2) is 12.3 Å². The fraction of sp³-hybridized carbons (Fsp3) is 0.722. The lowest BCUT2D eigenvalue weighted by atomic mass is 10.1. The zero-order valence-corrected chi connectivity index (χ0v) is 14.0. The van der Waals surface area contributed by atoms with Crippen molar-refractivity contribution in [1.29, 1.82) is 0 Å². The number of hydrogen-bond acceptors (Lipinski definition) is 3. The zero-order chi connectivity index (χ0) is 15.1. The normalized spacial score (nSPS) is 14.4. The predicted molar refractivity (Wildman–Crippen MR) is 90.9 cm³/mol. The van der Waals surface area contributed by atoms with E-state index in [1.807, 2.05) is 0 Å². The summed E-state index contributed by atoms with van der Waals surface area (Å²) in [7, 11) is 0. The number of nitrogens with one attached hydrogen (secondary N) is 1. The molecular formula is C18H31N3. The molecule has 2 rings (SSSR count). The largest absolute Gasteiger partial charge is 0.356 e. The van der Waals surface area contributed by atoms with E-state index in [1.54, 1.807) is 0 Å². The smallest absolute Gasteiger partial charge is 0.131 e. The minimum Gasteiger partial charge on any atom is -0.356 e. The lowest BCUT2D eigenvalue weighted by molar-refractivity contribution is 0.665. The van der Waals surface area contributed by atoms with Crippen molar-refractivity contribution in [3.05, 3.63) is 23.4 Å². The van der Waals surface area contributed by atoms with Crippen molar-refractivity contribution in [2.24, 2.45) is 0 Å². The average molecular weight is 289 g/mol. The van der Waals surface area contributed by atoms with Gasteiger partial charge in [0.15, 0.2) is 0 Å². The van der Waals surface area contributed by atoms with Gasteiger partial charge in [-0.1, -0.05) is 26.7 Å². The molecule has 1 aromatic heterocycles. The molecule has 3 nitrogen and oxygen atoms in total. The number of pyridine rings is 1. The van der Waals surface area contributed by atoms with Gasteiger partial charge in [0.2, 0.25) is 0 Å². The summed E-state index contributed by atoms with van der Waals surface area (Å²) in [4.78, 5) is 7.24. The topological polar surface area (TPSA) is 28.2 Å². The van der Waals surface area contributed by atoms with Crippen molar-refractivity contribution in [2.75, 3.05) is 18.0 Å². The number of unbranched alkanes of at least 4 members (excludes halogenated alkanes) is 2. The lowest BCUT2D eigenvalue weighted by Crippen LogP contribution is -2.27. The third-order valence-electron chi connectivity index (χ3n) is 4.14. The van der Waals surface area contributed by atoms with Crippen LogP contribution in [0.2, 0.25) is 0 Å². The maximum Gasteiger partial charge on any atom is 0.131 e. The SMILES string of the molecule is CCCCN(CCCC)c1ncc(CNC2CC2)cc1C. The molecule has 0 spiro atoms. The highest BCUT2D eigenvalue weighted by molar-refractivity contribution is 5.47. The molecule has 0 radical (unpaired) electrons. The third kappa shape index (κ3) is 5.31. The van der Waals surface area contributed by atoms with Gasteiger partial charge < -0.3 is 10.2 Å². The van der Waals surface area contributed by atoms with Crippen molar-refractivity contribution >= 4 is 5.82 Å². The van der Waals surface area contributed by atoms with Gasteiger partial charge in [-0.2, -0.15) is 0 Å². The molecule has 3 heteroatoms. The first kappa shape index (κ1) is 16.3. The first-order valence-corrected chi connectivity index (χ1v) is 8.68. The van der Waals surface area contributed by atoms with Crippen LogP contribution in [0, 0.1) is 6.92 Å². The number of nitrogens with zero attached hydrogens (tertiary/aromatic N) is 2. The van der Waals surface area contributed by atoms with E-state index in [1.165, 1.54) is 55.5 Å². The average Bonchev–Trinajstić information content (AvgIpc) is 3.30. The Morgan fingerprint density at radius 2 is 1.86 bits per heavy atom. The molecule has 0 amide bonds. The maximum atomic E-state index is 4.77. The van der Waals surface area contributed by atoms with Gasteiger partial charge in [0.25, 0.3) is 0 Å². The molecule has 21 heavy (non-hydrogen) atoms. The Morgan fingerprint density at radius 3 is 2.38 bits per heavy atom. The molecule has 1 aliphatic rings. The van der Waals surface area contributed by atoms with Crippen LogP contribution in [0.5, 0.6) is 0 Å². The van der Waals surface area contributed by atoms with Gasteiger partial charge in [-0.3, -0.25) is 0 Å². The standard InChI is InChI=1S/C18H31N3/c1-4-6-10-21(11-7-5-2)18-15(3)12-16(14-20-18)13-19-17-8-9-17/h12,14,17,19H,4-11,13H2,1-3H3. The van der Waals surface area contributed by atoms with E-state index >= 15 is 0 Å². The summed E-state index contributed by atoms with van der Waals surface area (Å²) >= 11 is 0. The van der Waals surface area contributed by atoms with Crippen molar-refractivity contribution in [3.8, 4) is 0 Å². The van der Waals surface area contributed by atoms with E-state index < -0.39 is 0 Å². The minimum absolute atomic E-state index is 0.760. The Balaban J connectivity index is 1.99. The second-order valence-corrected chi connectivity index (χ2v) is 6.33. The van der Waals surface area contributed by atoms with E-state index in [4.69, 9.17) is 4.98 Å². The van der Waals surface area contributed by atoms with Crippen molar-refractivity contribution in [3.63, 3.8) is 0 Å². The van der Waals surface area contributed by atoms with Gasteiger partial charge >= 0.3 is 0 Å². The highest BCUT2D eigenvalue weighted by atomic mass is 15.2. The summed E-state index contributed by atoms with van der Waals surface area (Å²) < 4.78 is 0. The van der Waals surface area contributed by atoms with Gasteiger partial charge in [0, 0.05) is 31.9 Å². The Bertz CT molecular complexity index is 418. The van der Waals surface area contributed by atoms with E-state index in [-0.39, 0.29) is 0 Å². The zero-order valence-electron chi connectivity index (χ0n) is 14.0. The van der Waals surface area contributed by atoms with E-state index in [2.05, 4.69) is 43.3 Å². The minimum atomic E-state index is 0.760. The van der Waals surface area contributed by atoms with Gasteiger partial charge in [-0.15, -0.1) is 0 Å². The van der Waals surface area contributed by atoms with Gasteiger partial charge in [-0.25, -0.2) is 4.98 Å². The predicted octanol–water partition coefficient (Wildman–Crippen LogP) is 4.05. The molecule has 118 valence electrons. The molecule has 1 saturated carbocycles. The Morgan fingerprint density at radius 1 is 1.19 bits per heavy atom.